The van der Waals surface area contributed by atoms with Crippen molar-refractivity contribution in [1.29, 1.82) is 0 Å². The average Bonchev–Trinajstić information content (AvgIpc) is 3.15. The number of carbonyl (C=O) groups is 4. The second-order valence-corrected chi connectivity index (χ2v) is 30.8. The topological polar surface area (TPSA) is 237 Å². The summed E-state index contributed by atoms with van der Waals surface area (Å²) in [5.41, 5.74) is 0. The molecule has 0 aliphatic carbocycles. The van der Waals surface area contributed by atoms with Crippen LogP contribution >= 0.6 is 15.6 Å². The zero-order valence-electron chi connectivity index (χ0n) is 59.5. The molecule has 0 fully saturated rings. The number of hydrogen-bond acceptors (Lipinski definition) is 15. The van der Waals surface area contributed by atoms with Gasteiger partial charge >= 0.3 is 39.5 Å². The Morgan fingerprint density at radius 1 is 0.275 bits per heavy atom. The van der Waals surface area contributed by atoms with E-state index in [1.54, 1.807) is 0 Å². The van der Waals surface area contributed by atoms with Gasteiger partial charge < -0.3 is 33.8 Å². The molecule has 0 aromatic carbocycles. The molecule has 0 spiro atoms. The van der Waals surface area contributed by atoms with Crippen molar-refractivity contribution in [2.45, 2.75) is 375 Å². The molecule has 91 heavy (non-hydrogen) atoms. The SMILES string of the molecule is CC(C)CCCCCCCCCCCCCCCCCCCCC(=O)O[C@H](COC(=O)CCCCCCCCCCC(C)C)COP(=O)(O)OCC(O)COP(=O)(O)OC[C@@H](COC(=O)CCCCCCCCCC(C)C)OC(=O)CCCCCCCCC(C)C. The molecular weight excluding hydrogens is 1200 g/mol. The Morgan fingerprint density at radius 2 is 0.462 bits per heavy atom. The van der Waals surface area contributed by atoms with E-state index in [2.05, 4.69) is 55.4 Å². The highest BCUT2D eigenvalue weighted by molar-refractivity contribution is 7.47. The van der Waals surface area contributed by atoms with Crippen molar-refractivity contribution >= 4 is 39.5 Å². The molecule has 17 nitrogen and oxygen atoms in total. The molecule has 19 heteroatoms. The first-order valence-corrected chi connectivity index (χ1v) is 40.2. The maximum Gasteiger partial charge on any atom is 0.472 e. The van der Waals surface area contributed by atoms with Crippen LogP contribution in [0, 0.1) is 23.7 Å². The van der Waals surface area contributed by atoms with Crippen LogP contribution in [0.15, 0.2) is 0 Å². The molecule has 0 aliphatic rings. The highest BCUT2D eigenvalue weighted by Gasteiger charge is 2.30. The van der Waals surface area contributed by atoms with Gasteiger partial charge in [0.15, 0.2) is 12.2 Å². The molecule has 3 unspecified atom stereocenters. The minimum atomic E-state index is -4.95. The van der Waals surface area contributed by atoms with Crippen molar-refractivity contribution in [2.24, 2.45) is 23.7 Å². The van der Waals surface area contributed by atoms with Gasteiger partial charge in [0.2, 0.25) is 0 Å². The quantitative estimate of drug-likeness (QED) is 0.0222. The van der Waals surface area contributed by atoms with Crippen LogP contribution in [0.25, 0.3) is 0 Å². The average molecular weight is 1340 g/mol. The van der Waals surface area contributed by atoms with Crippen molar-refractivity contribution in [3.8, 4) is 0 Å². The highest BCUT2D eigenvalue weighted by atomic mass is 31.2. The number of esters is 4. The van der Waals surface area contributed by atoms with Crippen LogP contribution in [0.3, 0.4) is 0 Å². The van der Waals surface area contributed by atoms with Gasteiger partial charge in [-0.2, -0.15) is 0 Å². The predicted octanol–water partition coefficient (Wildman–Crippen LogP) is 20.5. The van der Waals surface area contributed by atoms with Gasteiger partial charge in [0.05, 0.1) is 26.4 Å². The van der Waals surface area contributed by atoms with Crippen molar-refractivity contribution in [2.75, 3.05) is 39.6 Å². The van der Waals surface area contributed by atoms with E-state index in [0.29, 0.717) is 37.5 Å². The Balaban J connectivity index is 5.16. The number of aliphatic hydroxyl groups excluding tert-OH is 1. The summed E-state index contributed by atoms with van der Waals surface area (Å²) in [4.78, 5) is 72.5. The molecule has 0 aromatic heterocycles. The van der Waals surface area contributed by atoms with E-state index in [0.717, 1.165) is 108 Å². The Labute approximate surface area is 556 Å². The lowest BCUT2D eigenvalue weighted by Gasteiger charge is -2.21. The number of phosphoric ester groups is 2. The lowest BCUT2D eigenvalue weighted by molar-refractivity contribution is -0.161. The molecule has 3 N–H and O–H groups in total. The van der Waals surface area contributed by atoms with Crippen molar-refractivity contribution in [3.05, 3.63) is 0 Å². The van der Waals surface area contributed by atoms with Crippen LogP contribution in [0.4, 0.5) is 0 Å². The molecule has 0 radical (unpaired) electrons. The second kappa shape index (κ2) is 61.6. The standard InChI is InChI=1S/C72H140O17P2/c1-62(2)48-40-32-24-19-17-15-13-11-9-10-12-14-16-18-20-28-38-46-54-71(76)88-67(58-82-69(74)52-44-36-27-22-21-25-33-41-49-63(3)4)60-86-90(78,79)84-56-66(73)57-85-91(80,81)87-61-68(89-72(77)55-47-39-31-30-35-43-51-65(7)8)59-83-70(75)53-45-37-29-23-26-34-42-50-64(5)6/h62-68,73H,9-61H2,1-8H3,(H,78,79)(H,80,81)/t66?,67-,68-/m1/s1. The van der Waals surface area contributed by atoms with E-state index >= 15 is 0 Å². The first-order valence-electron chi connectivity index (χ1n) is 37.2. The summed E-state index contributed by atoms with van der Waals surface area (Å²) >= 11 is 0. The maximum atomic E-state index is 13.0. The van der Waals surface area contributed by atoms with E-state index in [1.807, 2.05) is 0 Å². The van der Waals surface area contributed by atoms with Crippen LogP contribution in [-0.4, -0.2) is 96.7 Å². The molecule has 0 aliphatic heterocycles. The van der Waals surface area contributed by atoms with Gasteiger partial charge in [-0.05, 0) is 49.4 Å². The number of aliphatic hydroxyl groups is 1. The normalized spacial score (nSPS) is 14.2. The Hall–Kier alpha value is -1.94. The third kappa shape index (κ3) is 66.5. The van der Waals surface area contributed by atoms with Gasteiger partial charge in [0.1, 0.15) is 19.3 Å². The number of hydrogen-bond donors (Lipinski definition) is 3. The van der Waals surface area contributed by atoms with Crippen LogP contribution in [0.1, 0.15) is 357 Å². The van der Waals surface area contributed by atoms with Crippen molar-refractivity contribution in [1.82, 2.24) is 0 Å². The van der Waals surface area contributed by atoms with Crippen LogP contribution < -0.4 is 0 Å². The summed E-state index contributed by atoms with van der Waals surface area (Å²) in [6.45, 7) is 14.0. The number of phosphoric acid groups is 2. The summed E-state index contributed by atoms with van der Waals surface area (Å²) in [6.07, 6.45) is 44.9. The lowest BCUT2D eigenvalue weighted by Crippen LogP contribution is -2.30. The Kier molecular flexibility index (Phi) is 60.3. The number of ether oxygens (including phenoxy) is 4. The minimum Gasteiger partial charge on any atom is -0.462 e. The van der Waals surface area contributed by atoms with Gasteiger partial charge in [0.25, 0.3) is 0 Å². The van der Waals surface area contributed by atoms with Crippen LogP contribution in [0.5, 0.6) is 0 Å². The van der Waals surface area contributed by atoms with E-state index in [4.69, 9.17) is 37.0 Å². The highest BCUT2D eigenvalue weighted by Crippen LogP contribution is 2.45. The van der Waals surface area contributed by atoms with Crippen molar-refractivity contribution < 1.29 is 80.2 Å². The smallest absolute Gasteiger partial charge is 0.462 e. The van der Waals surface area contributed by atoms with Gasteiger partial charge in [-0.3, -0.25) is 37.3 Å². The van der Waals surface area contributed by atoms with Crippen LogP contribution in [0.2, 0.25) is 0 Å². The van der Waals surface area contributed by atoms with Gasteiger partial charge in [-0.1, -0.05) is 306 Å². The zero-order chi connectivity index (χ0) is 67.5. The first-order chi connectivity index (χ1) is 43.6. The zero-order valence-corrected chi connectivity index (χ0v) is 61.3. The second-order valence-electron chi connectivity index (χ2n) is 27.9. The fourth-order valence-electron chi connectivity index (χ4n) is 10.8. The molecule has 0 amide bonds. The van der Waals surface area contributed by atoms with Gasteiger partial charge in [0, 0.05) is 25.7 Å². The molecule has 0 saturated heterocycles. The lowest BCUT2D eigenvalue weighted by atomic mass is 10.0. The van der Waals surface area contributed by atoms with Gasteiger partial charge in [-0.15, -0.1) is 0 Å². The monoisotopic (exact) mass is 1340 g/mol. The fraction of sp³-hybridized carbons (Fsp3) is 0.944. The molecule has 5 atom stereocenters. The van der Waals surface area contributed by atoms with E-state index in [1.165, 1.54) is 154 Å². The maximum absolute atomic E-state index is 13.0. The predicted molar refractivity (Wildman–Crippen MR) is 367 cm³/mol. The summed E-state index contributed by atoms with van der Waals surface area (Å²) in [7, 11) is -9.90. The van der Waals surface area contributed by atoms with E-state index < -0.39 is 97.5 Å². The Morgan fingerprint density at radius 3 is 0.681 bits per heavy atom. The number of unbranched alkanes of at least 4 members (excludes halogenated alkanes) is 35. The van der Waals surface area contributed by atoms with E-state index in [-0.39, 0.29) is 25.7 Å². The molecule has 0 heterocycles. The molecule has 0 aromatic rings. The molecule has 0 saturated carbocycles. The number of carbonyl (C=O) groups excluding carboxylic acids is 4. The number of rotatable bonds is 69. The first kappa shape index (κ1) is 89.1. The largest absolute Gasteiger partial charge is 0.472 e. The Bertz CT molecular complexity index is 1800. The molecule has 0 rings (SSSR count). The fourth-order valence-corrected chi connectivity index (χ4v) is 12.4. The third-order valence-corrected chi connectivity index (χ3v) is 18.5. The molecule has 540 valence electrons. The summed E-state index contributed by atoms with van der Waals surface area (Å²) in [6, 6.07) is 0. The summed E-state index contributed by atoms with van der Waals surface area (Å²) in [5, 5.41) is 10.6. The van der Waals surface area contributed by atoms with E-state index in [9.17, 15) is 43.2 Å². The molecule has 0 bridgehead atoms. The molecular formula is C72H140O17P2. The summed E-state index contributed by atoms with van der Waals surface area (Å²) in [5.74, 6) is 0.788. The minimum absolute atomic E-state index is 0.101. The third-order valence-electron chi connectivity index (χ3n) is 16.6. The van der Waals surface area contributed by atoms with Crippen molar-refractivity contribution in [3.63, 3.8) is 0 Å². The van der Waals surface area contributed by atoms with Gasteiger partial charge in [-0.25, -0.2) is 9.13 Å². The summed E-state index contributed by atoms with van der Waals surface area (Å²) < 4.78 is 68.2. The van der Waals surface area contributed by atoms with Crippen LogP contribution in [-0.2, 0) is 65.4 Å².